The Bertz CT molecular complexity index is 622. The number of hydrogen-bond acceptors (Lipinski definition) is 6. The number of carbonyl (C=O) groups is 1. The first-order chi connectivity index (χ1) is 9.97. The Morgan fingerprint density at radius 1 is 1.43 bits per heavy atom. The minimum Gasteiger partial charge on any atom is -0.457 e. The van der Waals surface area contributed by atoms with E-state index >= 15 is 0 Å². The predicted molar refractivity (Wildman–Crippen MR) is 71.9 cm³/mol. The predicted octanol–water partition coefficient (Wildman–Crippen LogP) is -0.209. The summed E-state index contributed by atoms with van der Waals surface area (Å²) in [6, 6.07) is 1.22. The molecule has 1 unspecified atom stereocenters. The monoisotopic (exact) mass is 298 g/mol. The molecular formula is C13H18N2O6. The number of aromatic amines is 1. The Hall–Kier alpha value is -1.93. The standard InChI is InChI=1S/C13H18N2O6/c1-4-8-10(20-7(2)16)11(19-3)12(21-8)15-6-5-9(17)14-13(15)18/h5-6,8,10-12H,4H2,1-3H3,(H,14,17,18)/t8-,10?,11+,12-/m1/s1. The number of nitrogens with one attached hydrogen (secondary N) is 1. The fourth-order valence-corrected chi connectivity index (χ4v) is 2.47. The lowest BCUT2D eigenvalue weighted by molar-refractivity contribution is -0.153. The molecule has 1 aromatic rings. The molecule has 1 fully saturated rings. The summed E-state index contributed by atoms with van der Waals surface area (Å²) in [6.45, 7) is 3.19. The van der Waals surface area contributed by atoms with Crippen molar-refractivity contribution in [3.8, 4) is 0 Å². The van der Waals surface area contributed by atoms with E-state index in [4.69, 9.17) is 14.2 Å². The van der Waals surface area contributed by atoms with Crippen LogP contribution in [0.4, 0.5) is 0 Å². The molecule has 1 aliphatic rings. The van der Waals surface area contributed by atoms with Gasteiger partial charge in [0.25, 0.3) is 5.56 Å². The number of aromatic nitrogens is 2. The molecule has 4 atom stereocenters. The molecular weight excluding hydrogens is 280 g/mol. The van der Waals surface area contributed by atoms with Gasteiger partial charge in [-0.05, 0) is 6.42 Å². The molecule has 1 aromatic heterocycles. The van der Waals surface area contributed by atoms with Gasteiger partial charge in [-0.2, -0.15) is 0 Å². The molecule has 0 amide bonds. The van der Waals surface area contributed by atoms with E-state index in [-0.39, 0.29) is 6.10 Å². The lowest BCUT2D eigenvalue weighted by Crippen LogP contribution is -2.40. The van der Waals surface area contributed by atoms with Crippen LogP contribution in [0.3, 0.4) is 0 Å². The third-order valence-electron chi connectivity index (χ3n) is 3.39. The maximum absolute atomic E-state index is 11.9. The maximum atomic E-state index is 11.9. The third kappa shape index (κ3) is 3.06. The molecule has 0 radical (unpaired) electrons. The Morgan fingerprint density at radius 2 is 2.14 bits per heavy atom. The summed E-state index contributed by atoms with van der Waals surface area (Å²) >= 11 is 0. The highest BCUT2D eigenvalue weighted by molar-refractivity contribution is 5.66. The summed E-state index contributed by atoms with van der Waals surface area (Å²) in [5, 5.41) is 0. The summed E-state index contributed by atoms with van der Waals surface area (Å²) < 4.78 is 17.6. The van der Waals surface area contributed by atoms with Crippen LogP contribution >= 0.6 is 0 Å². The zero-order chi connectivity index (χ0) is 15.6. The van der Waals surface area contributed by atoms with E-state index in [0.29, 0.717) is 6.42 Å². The van der Waals surface area contributed by atoms with Crippen LogP contribution in [0, 0.1) is 0 Å². The highest BCUT2D eigenvalue weighted by Gasteiger charge is 2.47. The van der Waals surface area contributed by atoms with Gasteiger partial charge in [-0.25, -0.2) is 4.79 Å². The van der Waals surface area contributed by atoms with E-state index in [1.165, 1.54) is 30.9 Å². The van der Waals surface area contributed by atoms with Crippen molar-refractivity contribution in [2.75, 3.05) is 7.11 Å². The topological polar surface area (TPSA) is 99.6 Å². The van der Waals surface area contributed by atoms with Crippen molar-refractivity contribution in [1.82, 2.24) is 9.55 Å². The fraction of sp³-hybridized carbons (Fsp3) is 0.615. The number of esters is 1. The number of H-pyrrole nitrogens is 1. The summed E-state index contributed by atoms with van der Waals surface area (Å²) in [7, 11) is 1.45. The third-order valence-corrected chi connectivity index (χ3v) is 3.39. The number of hydrogen-bond donors (Lipinski definition) is 1. The Kier molecular flexibility index (Phi) is 4.59. The van der Waals surface area contributed by atoms with Crippen molar-refractivity contribution in [2.24, 2.45) is 0 Å². The average molecular weight is 298 g/mol. The van der Waals surface area contributed by atoms with Gasteiger partial charge >= 0.3 is 11.7 Å². The smallest absolute Gasteiger partial charge is 0.330 e. The molecule has 1 saturated heterocycles. The van der Waals surface area contributed by atoms with E-state index in [1.807, 2.05) is 6.92 Å². The number of carbonyl (C=O) groups excluding carboxylic acids is 1. The molecule has 0 spiro atoms. The van der Waals surface area contributed by atoms with E-state index < -0.39 is 35.7 Å². The van der Waals surface area contributed by atoms with Gasteiger partial charge in [-0.3, -0.25) is 19.1 Å². The maximum Gasteiger partial charge on any atom is 0.330 e. The van der Waals surface area contributed by atoms with Gasteiger partial charge in [-0.1, -0.05) is 6.92 Å². The zero-order valence-corrected chi connectivity index (χ0v) is 12.1. The van der Waals surface area contributed by atoms with Crippen LogP contribution in [0.25, 0.3) is 0 Å². The molecule has 116 valence electrons. The highest BCUT2D eigenvalue weighted by Crippen LogP contribution is 2.33. The Labute approximate surface area is 120 Å². The van der Waals surface area contributed by atoms with E-state index in [1.54, 1.807) is 0 Å². The molecule has 8 heteroatoms. The lowest BCUT2D eigenvalue weighted by atomic mass is 10.1. The van der Waals surface area contributed by atoms with E-state index in [9.17, 15) is 14.4 Å². The molecule has 1 N–H and O–H groups in total. The summed E-state index contributed by atoms with van der Waals surface area (Å²) in [4.78, 5) is 36.4. The summed E-state index contributed by atoms with van der Waals surface area (Å²) in [6.07, 6.45) is -0.479. The first-order valence-electron chi connectivity index (χ1n) is 6.64. The van der Waals surface area contributed by atoms with Crippen LogP contribution in [-0.2, 0) is 19.0 Å². The van der Waals surface area contributed by atoms with Crippen molar-refractivity contribution >= 4 is 5.97 Å². The fourth-order valence-electron chi connectivity index (χ4n) is 2.47. The van der Waals surface area contributed by atoms with Crippen LogP contribution in [0.15, 0.2) is 21.9 Å². The van der Waals surface area contributed by atoms with Gasteiger partial charge in [-0.15, -0.1) is 0 Å². The summed E-state index contributed by atoms with van der Waals surface area (Å²) in [5.74, 6) is -0.446. The van der Waals surface area contributed by atoms with Crippen LogP contribution < -0.4 is 11.2 Å². The lowest BCUT2D eigenvalue weighted by Gasteiger charge is -2.22. The summed E-state index contributed by atoms with van der Waals surface area (Å²) in [5.41, 5.74) is -1.10. The first kappa shape index (κ1) is 15.5. The van der Waals surface area contributed by atoms with Crippen molar-refractivity contribution < 1.29 is 19.0 Å². The van der Waals surface area contributed by atoms with E-state index in [0.717, 1.165) is 0 Å². The quantitative estimate of drug-likeness (QED) is 0.772. The minimum absolute atomic E-state index is 0.386. The minimum atomic E-state index is -0.770. The van der Waals surface area contributed by atoms with Gasteiger partial charge in [0.15, 0.2) is 12.3 Å². The van der Waals surface area contributed by atoms with Gasteiger partial charge < -0.3 is 14.2 Å². The van der Waals surface area contributed by atoms with E-state index in [2.05, 4.69) is 4.98 Å². The van der Waals surface area contributed by atoms with Gasteiger partial charge in [0, 0.05) is 26.3 Å². The van der Waals surface area contributed by atoms with Crippen LogP contribution in [0.1, 0.15) is 26.5 Å². The van der Waals surface area contributed by atoms with Crippen molar-refractivity contribution in [2.45, 2.75) is 44.8 Å². The molecule has 0 aliphatic carbocycles. The second-order valence-electron chi connectivity index (χ2n) is 4.77. The first-order valence-corrected chi connectivity index (χ1v) is 6.64. The zero-order valence-electron chi connectivity index (χ0n) is 12.1. The highest BCUT2D eigenvalue weighted by atomic mass is 16.6. The van der Waals surface area contributed by atoms with Crippen molar-refractivity contribution in [1.29, 1.82) is 0 Å². The molecule has 1 aliphatic heterocycles. The second kappa shape index (κ2) is 6.23. The molecule has 2 heterocycles. The van der Waals surface area contributed by atoms with Gasteiger partial charge in [0.05, 0.1) is 6.10 Å². The number of methoxy groups -OCH3 is 1. The number of ether oxygens (including phenoxy) is 3. The Balaban J connectivity index is 2.37. The SMILES string of the molecule is CC[C@H]1O[C@@H](n2ccc(=O)[nH]c2=O)[C@@H](OC)C1OC(C)=O. The van der Waals surface area contributed by atoms with Crippen LogP contribution in [-0.4, -0.2) is 40.9 Å². The molecule has 2 rings (SSSR count). The van der Waals surface area contributed by atoms with Crippen molar-refractivity contribution in [3.05, 3.63) is 33.1 Å². The number of rotatable bonds is 4. The largest absolute Gasteiger partial charge is 0.457 e. The van der Waals surface area contributed by atoms with Crippen molar-refractivity contribution in [3.63, 3.8) is 0 Å². The number of nitrogens with zero attached hydrogens (tertiary/aromatic N) is 1. The molecule has 0 saturated carbocycles. The van der Waals surface area contributed by atoms with Crippen LogP contribution in [0.5, 0.6) is 0 Å². The average Bonchev–Trinajstić information content (AvgIpc) is 2.75. The molecule has 0 bridgehead atoms. The van der Waals surface area contributed by atoms with Crippen LogP contribution in [0.2, 0.25) is 0 Å². The molecule has 8 nitrogen and oxygen atoms in total. The second-order valence-corrected chi connectivity index (χ2v) is 4.77. The van der Waals surface area contributed by atoms with Gasteiger partial charge in [0.1, 0.15) is 6.10 Å². The molecule has 0 aromatic carbocycles. The normalized spacial score (nSPS) is 28.5. The van der Waals surface area contributed by atoms with Gasteiger partial charge in [0.2, 0.25) is 0 Å². The molecule has 21 heavy (non-hydrogen) atoms. The Morgan fingerprint density at radius 3 is 2.67 bits per heavy atom.